The third-order valence-electron chi connectivity index (χ3n) is 3.62. The number of rotatable bonds is 5. The van der Waals surface area contributed by atoms with Crippen LogP contribution in [-0.4, -0.2) is 22.2 Å². The van der Waals surface area contributed by atoms with E-state index in [0.717, 1.165) is 34.0 Å². The molecule has 0 aliphatic carbocycles. The van der Waals surface area contributed by atoms with Gasteiger partial charge in [0, 0.05) is 29.9 Å². The number of hydrogen-bond acceptors (Lipinski definition) is 2. The minimum atomic E-state index is 0.0243. The summed E-state index contributed by atoms with van der Waals surface area (Å²) < 4.78 is 1.81. The predicted octanol–water partition coefficient (Wildman–Crippen LogP) is 2.59. The van der Waals surface area contributed by atoms with Crippen LogP contribution in [0.2, 0.25) is 5.02 Å². The highest BCUT2D eigenvalue weighted by Gasteiger charge is 2.13. The van der Waals surface area contributed by atoms with Crippen molar-refractivity contribution in [1.29, 1.82) is 0 Å². The summed E-state index contributed by atoms with van der Waals surface area (Å²) in [6.45, 7) is 4.52. The van der Waals surface area contributed by atoms with Crippen molar-refractivity contribution >= 4 is 17.5 Å². The van der Waals surface area contributed by atoms with Gasteiger partial charge in [0.25, 0.3) is 0 Å². The van der Waals surface area contributed by atoms with E-state index in [-0.39, 0.29) is 5.91 Å². The summed E-state index contributed by atoms with van der Waals surface area (Å²) in [6.07, 6.45) is 1.15. The Bertz CT molecular complexity index is 649. The average Bonchev–Trinajstić information content (AvgIpc) is 2.65. The summed E-state index contributed by atoms with van der Waals surface area (Å²) in [4.78, 5) is 12.0. The maximum Gasteiger partial charge on any atom is 0.224 e. The molecule has 0 aliphatic heterocycles. The van der Waals surface area contributed by atoms with Crippen LogP contribution in [0.4, 0.5) is 0 Å². The van der Waals surface area contributed by atoms with E-state index in [4.69, 9.17) is 11.6 Å². The lowest BCUT2D eigenvalue weighted by Gasteiger charge is -2.06. The van der Waals surface area contributed by atoms with Crippen LogP contribution >= 0.6 is 11.6 Å². The van der Waals surface area contributed by atoms with Crippen LogP contribution in [0.15, 0.2) is 24.3 Å². The van der Waals surface area contributed by atoms with Crippen molar-refractivity contribution in [2.75, 3.05) is 6.54 Å². The van der Waals surface area contributed by atoms with Crippen molar-refractivity contribution in [3.8, 4) is 0 Å². The highest BCUT2D eigenvalue weighted by Crippen LogP contribution is 2.13. The van der Waals surface area contributed by atoms with Crippen molar-refractivity contribution in [2.45, 2.75) is 26.7 Å². The molecule has 112 valence electrons. The van der Waals surface area contributed by atoms with E-state index in [1.165, 1.54) is 0 Å². The Morgan fingerprint density at radius 3 is 2.76 bits per heavy atom. The largest absolute Gasteiger partial charge is 0.355 e. The summed E-state index contributed by atoms with van der Waals surface area (Å²) in [5.41, 5.74) is 4.09. The molecule has 1 heterocycles. The quantitative estimate of drug-likeness (QED) is 0.923. The summed E-state index contributed by atoms with van der Waals surface area (Å²) in [5.74, 6) is 0.0243. The Hall–Kier alpha value is -1.81. The Labute approximate surface area is 130 Å². The fraction of sp³-hybridized carbons (Fsp3) is 0.375. The maximum absolute atomic E-state index is 12.0. The van der Waals surface area contributed by atoms with E-state index in [1.54, 1.807) is 0 Å². The van der Waals surface area contributed by atoms with Crippen molar-refractivity contribution in [1.82, 2.24) is 15.1 Å². The summed E-state index contributed by atoms with van der Waals surface area (Å²) >= 11 is 5.93. The van der Waals surface area contributed by atoms with Crippen molar-refractivity contribution in [3.05, 3.63) is 51.8 Å². The first-order chi connectivity index (χ1) is 9.97. The van der Waals surface area contributed by atoms with E-state index in [2.05, 4.69) is 10.4 Å². The summed E-state index contributed by atoms with van der Waals surface area (Å²) in [7, 11) is 1.89. The van der Waals surface area contributed by atoms with E-state index < -0.39 is 0 Å². The maximum atomic E-state index is 12.0. The van der Waals surface area contributed by atoms with Crippen LogP contribution in [0.3, 0.4) is 0 Å². The van der Waals surface area contributed by atoms with Gasteiger partial charge < -0.3 is 5.32 Å². The molecular formula is C16H20ClN3O. The Kier molecular flexibility index (Phi) is 5.02. The first kappa shape index (κ1) is 15.6. The highest BCUT2D eigenvalue weighted by atomic mass is 35.5. The molecule has 0 bridgehead atoms. The van der Waals surface area contributed by atoms with E-state index in [9.17, 15) is 4.79 Å². The van der Waals surface area contributed by atoms with E-state index >= 15 is 0 Å². The number of halogens is 1. The Morgan fingerprint density at radius 1 is 1.38 bits per heavy atom. The van der Waals surface area contributed by atoms with Crippen LogP contribution in [0.5, 0.6) is 0 Å². The molecule has 0 saturated carbocycles. The van der Waals surface area contributed by atoms with Crippen LogP contribution < -0.4 is 5.32 Å². The lowest BCUT2D eigenvalue weighted by molar-refractivity contribution is -0.120. The lowest BCUT2D eigenvalue weighted by Crippen LogP contribution is -2.27. The molecule has 0 atom stereocenters. The van der Waals surface area contributed by atoms with Crippen molar-refractivity contribution in [3.63, 3.8) is 0 Å². The SMILES string of the molecule is Cc1nn(C)c(C)c1CC(=O)NCCc1cccc(Cl)c1. The molecule has 4 nitrogen and oxygen atoms in total. The van der Waals surface area contributed by atoms with E-state index in [0.29, 0.717) is 13.0 Å². The molecule has 0 spiro atoms. The van der Waals surface area contributed by atoms with Gasteiger partial charge in [0.2, 0.25) is 5.91 Å². The van der Waals surface area contributed by atoms with Gasteiger partial charge in [-0.25, -0.2) is 0 Å². The number of benzene rings is 1. The van der Waals surface area contributed by atoms with Crippen LogP contribution in [0.25, 0.3) is 0 Å². The number of hydrogen-bond donors (Lipinski definition) is 1. The zero-order valence-corrected chi connectivity index (χ0v) is 13.4. The number of aryl methyl sites for hydroxylation is 2. The average molecular weight is 306 g/mol. The number of aromatic nitrogens is 2. The van der Waals surface area contributed by atoms with Crippen LogP contribution in [-0.2, 0) is 24.7 Å². The first-order valence-electron chi connectivity index (χ1n) is 6.97. The van der Waals surface area contributed by atoms with Crippen LogP contribution in [0.1, 0.15) is 22.5 Å². The van der Waals surface area contributed by atoms with Gasteiger partial charge >= 0.3 is 0 Å². The number of nitrogens with one attached hydrogen (secondary N) is 1. The molecule has 1 aromatic carbocycles. The number of carbonyl (C=O) groups excluding carboxylic acids is 1. The van der Waals surface area contributed by atoms with Gasteiger partial charge in [-0.1, -0.05) is 23.7 Å². The Morgan fingerprint density at radius 2 is 2.14 bits per heavy atom. The first-order valence-corrected chi connectivity index (χ1v) is 7.35. The molecular weight excluding hydrogens is 286 g/mol. The smallest absolute Gasteiger partial charge is 0.224 e. The van der Waals surface area contributed by atoms with Gasteiger partial charge in [-0.2, -0.15) is 5.10 Å². The van der Waals surface area contributed by atoms with Crippen molar-refractivity contribution < 1.29 is 4.79 Å². The number of amides is 1. The fourth-order valence-electron chi connectivity index (χ4n) is 2.34. The van der Waals surface area contributed by atoms with Gasteiger partial charge in [0.15, 0.2) is 0 Å². The minimum Gasteiger partial charge on any atom is -0.355 e. The predicted molar refractivity (Wildman–Crippen MR) is 84.6 cm³/mol. The molecule has 1 amide bonds. The van der Waals surface area contributed by atoms with Gasteiger partial charge in [-0.05, 0) is 38.0 Å². The fourth-order valence-corrected chi connectivity index (χ4v) is 2.55. The van der Waals surface area contributed by atoms with Gasteiger partial charge in [0.05, 0.1) is 12.1 Å². The molecule has 1 aromatic heterocycles. The second kappa shape index (κ2) is 6.76. The number of nitrogens with zero attached hydrogens (tertiary/aromatic N) is 2. The Balaban J connectivity index is 1.85. The lowest BCUT2D eigenvalue weighted by atomic mass is 10.1. The normalized spacial score (nSPS) is 10.7. The highest BCUT2D eigenvalue weighted by molar-refractivity contribution is 6.30. The second-order valence-corrected chi connectivity index (χ2v) is 5.62. The number of carbonyl (C=O) groups is 1. The zero-order valence-electron chi connectivity index (χ0n) is 12.6. The molecule has 1 N–H and O–H groups in total. The monoisotopic (exact) mass is 305 g/mol. The third-order valence-corrected chi connectivity index (χ3v) is 3.86. The summed E-state index contributed by atoms with van der Waals surface area (Å²) in [5, 5.41) is 7.99. The molecule has 2 aromatic rings. The standard InChI is InChI=1S/C16H20ClN3O/c1-11-15(12(2)20(3)19-11)10-16(21)18-8-7-13-5-4-6-14(17)9-13/h4-6,9H,7-8,10H2,1-3H3,(H,18,21). The van der Waals surface area contributed by atoms with Gasteiger partial charge in [0.1, 0.15) is 0 Å². The van der Waals surface area contributed by atoms with Crippen LogP contribution in [0, 0.1) is 13.8 Å². The van der Waals surface area contributed by atoms with E-state index in [1.807, 2.05) is 49.8 Å². The molecule has 5 heteroatoms. The molecule has 0 unspecified atom stereocenters. The second-order valence-electron chi connectivity index (χ2n) is 5.18. The molecule has 0 fully saturated rings. The third kappa shape index (κ3) is 4.08. The zero-order chi connectivity index (χ0) is 15.4. The molecule has 2 rings (SSSR count). The molecule has 0 saturated heterocycles. The van der Waals surface area contributed by atoms with Gasteiger partial charge in [-0.3, -0.25) is 9.48 Å². The molecule has 21 heavy (non-hydrogen) atoms. The topological polar surface area (TPSA) is 46.9 Å². The van der Waals surface area contributed by atoms with Crippen molar-refractivity contribution in [2.24, 2.45) is 7.05 Å². The molecule has 0 aliphatic rings. The minimum absolute atomic E-state index is 0.0243. The molecule has 0 radical (unpaired) electrons. The summed E-state index contributed by atoms with van der Waals surface area (Å²) in [6, 6.07) is 7.69. The van der Waals surface area contributed by atoms with Gasteiger partial charge in [-0.15, -0.1) is 0 Å².